The molecule has 0 amide bonds. The minimum absolute atomic E-state index is 0.0334. The first-order chi connectivity index (χ1) is 12.2. The van der Waals surface area contributed by atoms with Gasteiger partial charge in [-0.25, -0.2) is 4.79 Å². The van der Waals surface area contributed by atoms with Gasteiger partial charge in [0.1, 0.15) is 6.10 Å². The SMILES string of the molecule is C=C1CC(O)C2OC2(C)CCC2C(=CC=CC(C)(C)OC)C(=O)OCC12. The largest absolute Gasteiger partial charge is 0.462 e. The second-order valence-electron chi connectivity index (χ2n) is 8.42. The van der Waals surface area contributed by atoms with Gasteiger partial charge in [0.25, 0.3) is 0 Å². The number of aliphatic hydroxyl groups excluding tert-OH is 1. The van der Waals surface area contributed by atoms with Crippen molar-refractivity contribution < 1.29 is 24.1 Å². The van der Waals surface area contributed by atoms with E-state index in [1.165, 1.54) is 0 Å². The van der Waals surface area contributed by atoms with E-state index in [-0.39, 0.29) is 29.5 Å². The molecular weight excluding hydrogens is 332 g/mol. The lowest BCUT2D eigenvalue weighted by molar-refractivity contribution is -0.144. The minimum Gasteiger partial charge on any atom is -0.462 e. The van der Waals surface area contributed by atoms with Gasteiger partial charge in [-0.3, -0.25) is 0 Å². The van der Waals surface area contributed by atoms with Crippen LogP contribution in [-0.4, -0.2) is 48.2 Å². The topological polar surface area (TPSA) is 68.3 Å². The molecule has 2 heterocycles. The van der Waals surface area contributed by atoms with Crippen LogP contribution in [0.3, 0.4) is 0 Å². The standard InChI is InChI=1S/C21H30O5/c1-13-11-17(22)18-21(4,26-18)10-8-14-15(19(23)25-12-16(13)14)7-6-9-20(2,3)24-5/h6-7,9,14,16-18,22H,1,8,10-12H2,2-5H3. The van der Waals surface area contributed by atoms with Gasteiger partial charge >= 0.3 is 5.97 Å². The lowest BCUT2D eigenvalue weighted by atomic mass is 9.76. The Labute approximate surface area is 155 Å². The predicted octanol–water partition coefficient (Wildman–Crippen LogP) is 2.94. The van der Waals surface area contributed by atoms with Gasteiger partial charge < -0.3 is 19.3 Å². The lowest BCUT2D eigenvalue weighted by Crippen LogP contribution is -2.35. The number of esters is 1. The van der Waals surface area contributed by atoms with Gasteiger partial charge in [0.15, 0.2) is 0 Å². The molecule has 144 valence electrons. The zero-order valence-corrected chi connectivity index (χ0v) is 16.2. The molecule has 0 spiro atoms. The molecule has 2 aliphatic heterocycles. The maximum atomic E-state index is 12.4. The number of cyclic esters (lactones) is 1. The monoisotopic (exact) mass is 362 g/mol. The molecule has 0 aromatic heterocycles. The molecule has 1 aliphatic carbocycles. The second-order valence-corrected chi connectivity index (χ2v) is 8.42. The molecule has 0 bridgehead atoms. The zero-order valence-electron chi connectivity index (χ0n) is 16.2. The molecule has 1 N–H and O–H groups in total. The minimum atomic E-state index is -0.543. The van der Waals surface area contributed by atoms with Crippen molar-refractivity contribution in [1.82, 2.24) is 0 Å². The van der Waals surface area contributed by atoms with Crippen molar-refractivity contribution in [3.05, 3.63) is 36.0 Å². The normalized spacial score (nSPS) is 39.7. The van der Waals surface area contributed by atoms with E-state index in [1.54, 1.807) is 7.11 Å². The zero-order chi connectivity index (χ0) is 19.1. The Morgan fingerprint density at radius 2 is 2.12 bits per heavy atom. The molecule has 1 saturated carbocycles. The number of aliphatic hydroxyl groups is 1. The fourth-order valence-corrected chi connectivity index (χ4v) is 4.05. The van der Waals surface area contributed by atoms with E-state index in [2.05, 4.69) is 6.58 Å². The van der Waals surface area contributed by atoms with Gasteiger partial charge in [-0.05, 0) is 40.0 Å². The highest BCUT2D eigenvalue weighted by Gasteiger charge is 2.57. The van der Waals surface area contributed by atoms with Crippen LogP contribution < -0.4 is 0 Å². The van der Waals surface area contributed by atoms with Crippen molar-refractivity contribution in [2.75, 3.05) is 13.7 Å². The third-order valence-electron chi connectivity index (χ3n) is 6.05. The first kappa shape index (κ1) is 19.3. The second kappa shape index (κ2) is 6.95. The Kier molecular flexibility index (Phi) is 5.17. The highest BCUT2D eigenvalue weighted by Crippen LogP contribution is 2.49. The third kappa shape index (κ3) is 3.80. The summed E-state index contributed by atoms with van der Waals surface area (Å²) in [5.74, 6) is -0.193. The van der Waals surface area contributed by atoms with Crippen molar-refractivity contribution in [2.45, 2.75) is 63.4 Å². The van der Waals surface area contributed by atoms with Crippen molar-refractivity contribution in [3.8, 4) is 0 Å². The first-order valence-corrected chi connectivity index (χ1v) is 9.32. The average molecular weight is 362 g/mol. The third-order valence-corrected chi connectivity index (χ3v) is 6.05. The molecule has 5 nitrogen and oxygen atoms in total. The van der Waals surface area contributed by atoms with Crippen LogP contribution >= 0.6 is 0 Å². The van der Waals surface area contributed by atoms with E-state index in [0.717, 1.165) is 18.4 Å². The molecule has 5 unspecified atom stereocenters. The fourth-order valence-electron chi connectivity index (χ4n) is 4.05. The van der Waals surface area contributed by atoms with Gasteiger partial charge in [0.2, 0.25) is 0 Å². The number of rotatable bonds is 3. The highest BCUT2D eigenvalue weighted by molar-refractivity contribution is 5.90. The Balaban J connectivity index is 1.87. The van der Waals surface area contributed by atoms with E-state index in [0.29, 0.717) is 18.6 Å². The summed E-state index contributed by atoms with van der Waals surface area (Å²) in [5, 5.41) is 10.4. The number of methoxy groups -OCH3 is 1. The molecule has 0 aromatic carbocycles. The smallest absolute Gasteiger partial charge is 0.334 e. The number of epoxide rings is 1. The molecule has 5 atom stereocenters. The molecule has 26 heavy (non-hydrogen) atoms. The number of allylic oxidation sites excluding steroid dienone is 2. The summed E-state index contributed by atoms with van der Waals surface area (Å²) >= 11 is 0. The Bertz CT molecular complexity index is 647. The summed E-state index contributed by atoms with van der Waals surface area (Å²) in [5.41, 5.74) is 0.906. The van der Waals surface area contributed by atoms with Crippen molar-refractivity contribution >= 4 is 5.97 Å². The Hall–Kier alpha value is -1.43. The number of fused-ring (bicyclic) bond motifs is 2. The van der Waals surface area contributed by atoms with Crippen molar-refractivity contribution in [1.29, 1.82) is 0 Å². The van der Waals surface area contributed by atoms with Crippen LogP contribution in [0.4, 0.5) is 0 Å². The Morgan fingerprint density at radius 1 is 1.38 bits per heavy atom. The van der Waals surface area contributed by atoms with E-state index in [4.69, 9.17) is 14.2 Å². The van der Waals surface area contributed by atoms with Gasteiger partial charge in [-0.1, -0.05) is 30.4 Å². The number of carbonyl (C=O) groups excluding carboxylic acids is 1. The molecule has 3 rings (SSSR count). The van der Waals surface area contributed by atoms with Gasteiger partial charge in [0.05, 0.1) is 23.9 Å². The molecule has 2 saturated heterocycles. The summed E-state index contributed by atoms with van der Waals surface area (Å²) < 4.78 is 16.6. The summed E-state index contributed by atoms with van der Waals surface area (Å²) in [6.45, 7) is 10.5. The van der Waals surface area contributed by atoms with Crippen molar-refractivity contribution in [3.63, 3.8) is 0 Å². The summed E-state index contributed by atoms with van der Waals surface area (Å²) in [6.07, 6.45) is 7.06. The van der Waals surface area contributed by atoms with E-state index in [9.17, 15) is 9.90 Å². The van der Waals surface area contributed by atoms with Crippen LogP contribution in [0.2, 0.25) is 0 Å². The van der Waals surface area contributed by atoms with Crippen LogP contribution in [0.25, 0.3) is 0 Å². The van der Waals surface area contributed by atoms with E-state index >= 15 is 0 Å². The van der Waals surface area contributed by atoms with Gasteiger partial charge in [-0.15, -0.1) is 0 Å². The van der Waals surface area contributed by atoms with E-state index < -0.39 is 11.7 Å². The summed E-state index contributed by atoms with van der Waals surface area (Å²) in [4.78, 5) is 12.4. The Morgan fingerprint density at radius 3 is 2.81 bits per heavy atom. The molecule has 0 radical (unpaired) electrons. The maximum Gasteiger partial charge on any atom is 0.334 e. The fraction of sp³-hybridized carbons (Fsp3) is 0.667. The maximum absolute atomic E-state index is 12.4. The van der Waals surface area contributed by atoms with Crippen LogP contribution in [0.5, 0.6) is 0 Å². The number of hydrogen-bond donors (Lipinski definition) is 1. The van der Waals surface area contributed by atoms with Crippen LogP contribution in [-0.2, 0) is 19.0 Å². The molecule has 3 aliphatic rings. The average Bonchev–Trinajstić information content (AvgIpc) is 3.25. The van der Waals surface area contributed by atoms with Crippen LogP contribution in [0, 0.1) is 11.8 Å². The lowest BCUT2D eigenvalue weighted by Gasteiger charge is -2.34. The molecule has 3 fully saturated rings. The molecule has 5 heteroatoms. The molecule has 0 aromatic rings. The number of hydrogen-bond acceptors (Lipinski definition) is 5. The summed E-state index contributed by atoms with van der Waals surface area (Å²) in [7, 11) is 1.66. The number of ether oxygens (including phenoxy) is 3. The highest BCUT2D eigenvalue weighted by atomic mass is 16.6. The van der Waals surface area contributed by atoms with Gasteiger partial charge in [-0.2, -0.15) is 0 Å². The van der Waals surface area contributed by atoms with E-state index in [1.807, 2.05) is 39.0 Å². The number of carbonyl (C=O) groups is 1. The van der Waals surface area contributed by atoms with Gasteiger partial charge in [0, 0.05) is 24.5 Å². The van der Waals surface area contributed by atoms with Crippen LogP contribution in [0.15, 0.2) is 36.0 Å². The quantitative estimate of drug-likeness (QED) is 0.362. The first-order valence-electron chi connectivity index (χ1n) is 9.32. The van der Waals surface area contributed by atoms with Crippen LogP contribution in [0.1, 0.15) is 40.0 Å². The van der Waals surface area contributed by atoms with Crippen molar-refractivity contribution in [2.24, 2.45) is 11.8 Å². The molecular formula is C21H30O5. The summed E-state index contributed by atoms with van der Waals surface area (Å²) in [6, 6.07) is 0. The predicted molar refractivity (Wildman–Crippen MR) is 98.5 cm³/mol.